The summed E-state index contributed by atoms with van der Waals surface area (Å²) < 4.78 is 11.4. The standard InChI is InChI=1S/C16H17BrO3/c1-10-4-5-11(8-15(10)17)16(18)12-6-13(19-2)9-14(7-12)20-3/h4-9,16,18H,1-3H3. The SMILES string of the molecule is COc1cc(OC)cc(C(O)c2ccc(C)c(Br)c2)c1. The normalized spacial score (nSPS) is 12.1. The van der Waals surface area contributed by atoms with E-state index in [9.17, 15) is 5.11 Å². The van der Waals surface area contributed by atoms with Gasteiger partial charge in [0.25, 0.3) is 0 Å². The minimum absolute atomic E-state index is 0.657. The van der Waals surface area contributed by atoms with Gasteiger partial charge >= 0.3 is 0 Å². The largest absolute Gasteiger partial charge is 0.497 e. The number of halogens is 1. The number of rotatable bonds is 4. The van der Waals surface area contributed by atoms with Crippen LogP contribution < -0.4 is 9.47 Å². The van der Waals surface area contributed by atoms with Crippen LogP contribution in [0.4, 0.5) is 0 Å². The van der Waals surface area contributed by atoms with Crippen LogP contribution in [0.15, 0.2) is 40.9 Å². The van der Waals surface area contributed by atoms with Crippen molar-refractivity contribution in [3.63, 3.8) is 0 Å². The molecule has 0 fully saturated rings. The summed E-state index contributed by atoms with van der Waals surface area (Å²) in [6, 6.07) is 11.2. The van der Waals surface area contributed by atoms with Crippen molar-refractivity contribution < 1.29 is 14.6 Å². The minimum Gasteiger partial charge on any atom is -0.497 e. The Morgan fingerprint density at radius 2 is 1.55 bits per heavy atom. The zero-order chi connectivity index (χ0) is 14.7. The summed E-state index contributed by atoms with van der Waals surface area (Å²) in [6.07, 6.45) is -0.726. The van der Waals surface area contributed by atoms with Crippen LogP contribution in [-0.4, -0.2) is 19.3 Å². The Kier molecular flexibility index (Phi) is 4.68. The number of hydrogen-bond donors (Lipinski definition) is 1. The third kappa shape index (κ3) is 3.14. The Hall–Kier alpha value is -1.52. The fraction of sp³-hybridized carbons (Fsp3) is 0.250. The maximum absolute atomic E-state index is 10.5. The molecule has 0 heterocycles. The van der Waals surface area contributed by atoms with Crippen molar-refractivity contribution in [1.82, 2.24) is 0 Å². The second-order valence-corrected chi connectivity index (χ2v) is 5.41. The Morgan fingerprint density at radius 3 is 2.05 bits per heavy atom. The van der Waals surface area contributed by atoms with E-state index in [0.29, 0.717) is 11.5 Å². The Labute approximate surface area is 127 Å². The molecule has 0 aliphatic carbocycles. The monoisotopic (exact) mass is 336 g/mol. The van der Waals surface area contributed by atoms with Crippen molar-refractivity contribution in [2.24, 2.45) is 0 Å². The zero-order valence-electron chi connectivity index (χ0n) is 11.7. The molecule has 0 saturated heterocycles. The van der Waals surface area contributed by atoms with Crippen LogP contribution in [0, 0.1) is 6.92 Å². The lowest BCUT2D eigenvalue weighted by molar-refractivity contribution is 0.219. The number of aryl methyl sites for hydroxylation is 1. The van der Waals surface area contributed by atoms with Crippen LogP contribution in [0.5, 0.6) is 11.5 Å². The lowest BCUT2D eigenvalue weighted by Crippen LogP contribution is -2.01. The Bertz CT molecular complexity index is 588. The van der Waals surface area contributed by atoms with Crippen LogP contribution in [0.3, 0.4) is 0 Å². The molecule has 0 radical (unpaired) electrons. The molecule has 0 aliphatic heterocycles. The summed E-state index contributed by atoms with van der Waals surface area (Å²) >= 11 is 3.48. The average molecular weight is 337 g/mol. The molecule has 2 aromatic carbocycles. The molecule has 106 valence electrons. The number of hydrogen-bond acceptors (Lipinski definition) is 3. The van der Waals surface area contributed by atoms with E-state index >= 15 is 0 Å². The second-order valence-electron chi connectivity index (χ2n) is 4.56. The number of benzene rings is 2. The van der Waals surface area contributed by atoms with E-state index in [-0.39, 0.29) is 0 Å². The van der Waals surface area contributed by atoms with Crippen molar-refractivity contribution in [1.29, 1.82) is 0 Å². The van der Waals surface area contributed by atoms with Gasteiger partial charge < -0.3 is 14.6 Å². The summed E-state index contributed by atoms with van der Waals surface area (Å²) in [7, 11) is 3.18. The van der Waals surface area contributed by atoms with E-state index < -0.39 is 6.10 Å². The summed E-state index contributed by atoms with van der Waals surface area (Å²) in [4.78, 5) is 0. The highest BCUT2D eigenvalue weighted by molar-refractivity contribution is 9.10. The maximum Gasteiger partial charge on any atom is 0.122 e. The molecule has 1 N–H and O–H groups in total. The van der Waals surface area contributed by atoms with Crippen molar-refractivity contribution >= 4 is 15.9 Å². The van der Waals surface area contributed by atoms with Gasteiger partial charge in [0.1, 0.15) is 17.6 Å². The topological polar surface area (TPSA) is 38.7 Å². The predicted octanol–water partition coefficient (Wildman–Crippen LogP) is 3.86. The van der Waals surface area contributed by atoms with Crippen LogP contribution in [0.25, 0.3) is 0 Å². The first-order chi connectivity index (χ1) is 9.55. The highest BCUT2D eigenvalue weighted by atomic mass is 79.9. The summed E-state index contributed by atoms with van der Waals surface area (Å²) in [5.74, 6) is 1.31. The van der Waals surface area contributed by atoms with Crippen molar-refractivity contribution in [2.75, 3.05) is 14.2 Å². The molecule has 1 unspecified atom stereocenters. The second kappa shape index (κ2) is 6.29. The van der Waals surface area contributed by atoms with Crippen LogP contribution in [0.1, 0.15) is 22.8 Å². The van der Waals surface area contributed by atoms with Gasteiger partial charge in [-0.3, -0.25) is 0 Å². The summed E-state index contributed by atoms with van der Waals surface area (Å²) in [6.45, 7) is 2.01. The van der Waals surface area contributed by atoms with Gasteiger partial charge in [-0.15, -0.1) is 0 Å². The molecule has 0 saturated carbocycles. The molecule has 0 aromatic heterocycles. The molecule has 3 nitrogen and oxygen atoms in total. The average Bonchev–Trinajstić information content (AvgIpc) is 2.48. The van der Waals surface area contributed by atoms with Gasteiger partial charge in [-0.05, 0) is 41.8 Å². The van der Waals surface area contributed by atoms with Crippen LogP contribution in [-0.2, 0) is 0 Å². The number of aliphatic hydroxyl groups excluding tert-OH is 1. The third-order valence-corrected chi connectivity index (χ3v) is 4.06. The summed E-state index contributed by atoms with van der Waals surface area (Å²) in [5, 5.41) is 10.5. The molecule has 2 aromatic rings. The first kappa shape index (κ1) is 14.9. The van der Waals surface area contributed by atoms with Gasteiger partial charge in [0.2, 0.25) is 0 Å². The Balaban J connectivity index is 2.41. The van der Waals surface area contributed by atoms with Crippen LogP contribution >= 0.6 is 15.9 Å². The van der Waals surface area contributed by atoms with Crippen LogP contribution in [0.2, 0.25) is 0 Å². The van der Waals surface area contributed by atoms with Gasteiger partial charge in [0.15, 0.2) is 0 Å². The molecular weight excluding hydrogens is 320 g/mol. The fourth-order valence-corrected chi connectivity index (χ4v) is 2.36. The highest BCUT2D eigenvalue weighted by Gasteiger charge is 2.14. The van der Waals surface area contributed by atoms with E-state index in [1.807, 2.05) is 25.1 Å². The number of methoxy groups -OCH3 is 2. The molecule has 4 heteroatoms. The van der Waals surface area contributed by atoms with Gasteiger partial charge in [-0.25, -0.2) is 0 Å². The predicted molar refractivity (Wildman–Crippen MR) is 82.5 cm³/mol. The number of ether oxygens (including phenoxy) is 2. The molecular formula is C16H17BrO3. The first-order valence-corrected chi connectivity index (χ1v) is 7.01. The molecule has 20 heavy (non-hydrogen) atoms. The Morgan fingerprint density at radius 1 is 0.950 bits per heavy atom. The highest BCUT2D eigenvalue weighted by Crippen LogP contribution is 2.31. The molecule has 1 atom stereocenters. The first-order valence-electron chi connectivity index (χ1n) is 6.22. The van der Waals surface area contributed by atoms with E-state index in [4.69, 9.17) is 9.47 Å². The fourth-order valence-electron chi connectivity index (χ4n) is 1.96. The van der Waals surface area contributed by atoms with E-state index in [0.717, 1.165) is 21.2 Å². The lowest BCUT2D eigenvalue weighted by Gasteiger charge is -2.15. The lowest BCUT2D eigenvalue weighted by atomic mass is 10.00. The van der Waals surface area contributed by atoms with Crippen molar-refractivity contribution in [3.8, 4) is 11.5 Å². The molecule has 2 rings (SSSR count). The van der Waals surface area contributed by atoms with E-state index in [1.54, 1.807) is 32.4 Å². The third-order valence-electron chi connectivity index (χ3n) is 3.20. The maximum atomic E-state index is 10.5. The number of aliphatic hydroxyl groups is 1. The van der Waals surface area contributed by atoms with Gasteiger partial charge in [-0.2, -0.15) is 0 Å². The van der Waals surface area contributed by atoms with Crippen molar-refractivity contribution in [3.05, 3.63) is 57.6 Å². The van der Waals surface area contributed by atoms with E-state index in [1.165, 1.54) is 0 Å². The smallest absolute Gasteiger partial charge is 0.122 e. The molecule has 0 aliphatic rings. The molecule has 0 spiro atoms. The quantitative estimate of drug-likeness (QED) is 0.921. The molecule has 0 amide bonds. The minimum atomic E-state index is -0.726. The summed E-state index contributed by atoms with van der Waals surface area (Å²) in [5.41, 5.74) is 2.68. The van der Waals surface area contributed by atoms with Gasteiger partial charge in [-0.1, -0.05) is 28.1 Å². The van der Waals surface area contributed by atoms with E-state index in [2.05, 4.69) is 15.9 Å². The zero-order valence-corrected chi connectivity index (χ0v) is 13.3. The molecule has 0 bridgehead atoms. The van der Waals surface area contributed by atoms with Crippen molar-refractivity contribution in [2.45, 2.75) is 13.0 Å². The van der Waals surface area contributed by atoms with Gasteiger partial charge in [0.05, 0.1) is 14.2 Å². The van der Waals surface area contributed by atoms with Gasteiger partial charge in [0, 0.05) is 10.5 Å².